The molecular formula is C16H31N3. The molecule has 0 aromatic rings. The van der Waals surface area contributed by atoms with Crippen molar-refractivity contribution in [2.75, 3.05) is 45.8 Å². The van der Waals surface area contributed by atoms with Crippen molar-refractivity contribution in [3.8, 4) is 0 Å². The summed E-state index contributed by atoms with van der Waals surface area (Å²) in [6, 6.07) is 0. The highest BCUT2D eigenvalue weighted by Crippen LogP contribution is 2.39. The van der Waals surface area contributed by atoms with Gasteiger partial charge < -0.3 is 15.5 Å². The molecule has 0 atom stereocenters. The first-order valence-corrected chi connectivity index (χ1v) is 8.50. The maximum absolute atomic E-state index is 3.52. The minimum absolute atomic E-state index is 0.719. The Morgan fingerprint density at radius 3 is 2.16 bits per heavy atom. The van der Waals surface area contributed by atoms with Gasteiger partial charge in [0, 0.05) is 0 Å². The smallest absolute Gasteiger partial charge is 0.00134 e. The Morgan fingerprint density at radius 2 is 1.47 bits per heavy atom. The van der Waals surface area contributed by atoms with Crippen LogP contribution in [-0.4, -0.2) is 50.7 Å². The van der Waals surface area contributed by atoms with Crippen molar-refractivity contribution >= 4 is 0 Å². The van der Waals surface area contributed by atoms with Gasteiger partial charge in [-0.2, -0.15) is 0 Å². The lowest BCUT2D eigenvalue weighted by molar-refractivity contribution is 0.0699. The van der Waals surface area contributed by atoms with E-state index < -0.39 is 0 Å². The molecule has 19 heavy (non-hydrogen) atoms. The Kier molecular flexibility index (Phi) is 4.78. The third kappa shape index (κ3) is 3.71. The summed E-state index contributed by atoms with van der Waals surface area (Å²) in [6.45, 7) is 9.11. The van der Waals surface area contributed by atoms with Crippen molar-refractivity contribution in [2.24, 2.45) is 11.3 Å². The van der Waals surface area contributed by atoms with Gasteiger partial charge in [0.2, 0.25) is 0 Å². The average Bonchev–Trinajstić information content (AvgIpc) is 2.49. The molecule has 3 aliphatic heterocycles. The van der Waals surface area contributed by atoms with E-state index in [1.807, 2.05) is 0 Å². The van der Waals surface area contributed by atoms with Gasteiger partial charge in [-0.25, -0.2) is 0 Å². The van der Waals surface area contributed by atoms with E-state index in [1.165, 1.54) is 90.8 Å². The van der Waals surface area contributed by atoms with Gasteiger partial charge in [0.05, 0.1) is 0 Å². The summed E-state index contributed by atoms with van der Waals surface area (Å²) >= 11 is 0. The molecule has 3 rings (SSSR count). The van der Waals surface area contributed by atoms with Crippen LogP contribution in [0.15, 0.2) is 0 Å². The largest absolute Gasteiger partial charge is 0.317 e. The molecule has 110 valence electrons. The van der Waals surface area contributed by atoms with Crippen molar-refractivity contribution in [1.82, 2.24) is 15.5 Å². The van der Waals surface area contributed by atoms with Crippen molar-refractivity contribution < 1.29 is 0 Å². The summed E-state index contributed by atoms with van der Waals surface area (Å²) in [5.41, 5.74) is 0.719. The zero-order valence-electron chi connectivity index (χ0n) is 12.4. The fourth-order valence-electron chi connectivity index (χ4n) is 4.24. The second-order valence-corrected chi connectivity index (χ2v) is 7.07. The van der Waals surface area contributed by atoms with Crippen LogP contribution in [0.1, 0.15) is 44.9 Å². The van der Waals surface area contributed by atoms with E-state index in [-0.39, 0.29) is 0 Å². The molecule has 3 fully saturated rings. The predicted molar refractivity (Wildman–Crippen MR) is 80.4 cm³/mol. The number of rotatable bonds is 3. The average molecular weight is 265 g/mol. The van der Waals surface area contributed by atoms with Crippen LogP contribution in [0.2, 0.25) is 0 Å². The van der Waals surface area contributed by atoms with Gasteiger partial charge in [-0.1, -0.05) is 0 Å². The molecule has 0 aromatic carbocycles. The number of nitrogens with zero attached hydrogens (tertiary/aromatic N) is 1. The second-order valence-electron chi connectivity index (χ2n) is 7.07. The van der Waals surface area contributed by atoms with E-state index >= 15 is 0 Å². The zero-order valence-corrected chi connectivity index (χ0v) is 12.4. The van der Waals surface area contributed by atoms with Crippen molar-refractivity contribution in [2.45, 2.75) is 44.9 Å². The molecule has 0 aromatic heterocycles. The Bertz CT molecular complexity index is 254. The fraction of sp³-hybridized carbons (Fsp3) is 1.00. The Hall–Kier alpha value is -0.120. The Balaban J connectivity index is 1.37. The van der Waals surface area contributed by atoms with Gasteiger partial charge >= 0.3 is 0 Å². The maximum atomic E-state index is 3.52. The summed E-state index contributed by atoms with van der Waals surface area (Å²) in [5, 5.41) is 6.99. The molecule has 0 amide bonds. The second kappa shape index (κ2) is 6.55. The summed E-state index contributed by atoms with van der Waals surface area (Å²) in [5.74, 6) is 0.996. The molecular weight excluding hydrogens is 234 g/mol. The van der Waals surface area contributed by atoms with E-state index in [2.05, 4.69) is 15.5 Å². The number of hydrogen-bond donors (Lipinski definition) is 2. The third-order valence-corrected chi connectivity index (χ3v) is 5.89. The molecule has 0 unspecified atom stereocenters. The van der Waals surface area contributed by atoms with Crippen LogP contribution in [0, 0.1) is 11.3 Å². The summed E-state index contributed by atoms with van der Waals surface area (Å²) in [6.07, 6.45) is 10.0. The van der Waals surface area contributed by atoms with E-state index in [0.29, 0.717) is 0 Å². The van der Waals surface area contributed by atoms with Crippen LogP contribution in [0.4, 0.5) is 0 Å². The van der Waals surface area contributed by atoms with E-state index in [9.17, 15) is 0 Å². The monoisotopic (exact) mass is 265 g/mol. The van der Waals surface area contributed by atoms with E-state index in [0.717, 1.165) is 11.3 Å². The van der Waals surface area contributed by atoms with E-state index in [1.54, 1.807) is 0 Å². The molecule has 1 spiro atoms. The normalized spacial score (nSPS) is 29.7. The predicted octanol–water partition coefficient (Wildman–Crippen LogP) is 1.84. The van der Waals surface area contributed by atoms with Crippen molar-refractivity contribution in [1.29, 1.82) is 0 Å². The van der Waals surface area contributed by atoms with Crippen LogP contribution in [0.3, 0.4) is 0 Å². The standard InChI is InChI=1S/C16H31N3/c1-8-17-9-2-15(1)3-12-19-13-6-16(7-14-19)4-10-18-11-5-16/h15,17-18H,1-14H2. The minimum atomic E-state index is 0.719. The van der Waals surface area contributed by atoms with Crippen molar-refractivity contribution in [3.05, 3.63) is 0 Å². The molecule has 2 N–H and O–H groups in total. The van der Waals surface area contributed by atoms with Crippen LogP contribution in [-0.2, 0) is 0 Å². The molecule has 0 bridgehead atoms. The molecule has 3 aliphatic rings. The molecule has 0 saturated carbocycles. The Labute approximate surface area is 118 Å². The highest BCUT2D eigenvalue weighted by molar-refractivity contribution is 4.89. The summed E-state index contributed by atoms with van der Waals surface area (Å²) in [7, 11) is 0. The summed E-state index contributed by atoms with van der Waals surface area (Å²) < 4.78 is 0. The molecule has 3 heteroatoms. The van der Waals surface area contributed by atoms with E-state index in [4.69, 9.17) is 0 Å². The van der Waals surface area contributed by atoms with Crippen LogP contribution >= 0.6 is 0 Å². The maximum Gasteiger partial charge on any atom is -0.00134 e. The molecule has 3 heterocycles. The van der Waals surface area contributed by atoms with Crippen molar-refractivity contribution in [3.63, 3.8) is 0 Å². The summed E-state index contributed by atoms with van der Waals surface area (Å²) in [4.78, 5) is 2.75. The Morgan fingerprint density at radius 1 is 0.842 bits per heavy atom. The lowest BCUT2D eigenvalue weighted by atomic mass is 9.71. The van der Waals surface area contributed by atoms with Crippen LogP contribution in [0.5, 0.6) is 0 Å². The minimum Gasteiger partial charge on any atom is -0.317 e. The molecule has 3 saturated heterocycles. The highest BCUT2D eigenvalue weighted by Gasteiger charge is 2.35. The lowest BCUT2D eigenvalue weighted by Crippen LogP contribution is -2.46. The van der Waals surface area contributed by atoms with Gasteiger partial charge in [0.25, 0.3) is 0 Å². The lowest BCUT2D eigenvalue weighted by Gasteiger charge is -2.44. The molecule has 0 radical (unpaired) electrons. The fourth-order valence-corrected chi connectivity index (χ4v) is 4.24. The van der Waals surface area contributed by atoms with Gasteiger partial charge in [-0.05, 0) is 102 Å². The van der Waals surface area contributed by atoms with Gasteiger partial charge in [0.15, 0.2) is 0 Å². The molecule has 0 aliphatic carbocycles. The van der Waals surface area contributed by atoms with Gasteiger partial charge in [-0.3, -0.25) is 0 Å². The quantitative estimate of drug-likeness (QED) is 0.815. The number of nitrogens with one attached hydrogen (secondary N) is 2. The number of likely N-dealkylation sites (tertiary alicyclic amines) is 1. The number of hydrogen-bond acceptors (Lipinski definition) is 3. The first-order chi connectivity index (χ1) is 9.36. The SMILES string of the molecule is C1CC(CCN2CCC3(CCNCC3)CC2)CCN1. The highest BCUT2D eigenvalue weighted by atomic mass is 15.1. The van der Waals surface area contributed by atoms with Gasteiger partial charge in [0.1, 0.15) is 0 Å². The van der Waals surface area contributed by atoms with Crippen LogP contribution in [0.25, 0.3) is 0 Å². The number of piperidine rings is 3. The topological polar surface area (TPSA) is 27.3 Å². The first-order valence-electron chi connectivity index (χ1n) is 8.50. The molecule has 3 nitrogen and oxygen atoms in total. The van der Waals surface area contributed by atoms with Gasteiger partial charge in [-0.15, -0.1) is 0 Å². The van der Waals surface area contributed by atoms with Crippen LogP contribution < -0.4 is 10.6 Å². The zero-order chi connectivity index (χ0) is 13.0. The first kappa shape index (κ1) is 13.8. The third-order valence-electron chi connectivity index (χ3n) is 5.89.